The lowest BCUT2D eigenvalue weighted by Crippen LogP contribution is -2.48. The Kier molecular flexibility index (Phi) is 2.49. The van der Waals surface area contributed by atoms with Crippen LogP contribution in [0.15, 0.2) is 36.5 Å². The molecule has 4 nitrogen and oxygen atoms in total. The van der Waals surface area contributed by atoms with Gasteiger partial charge in [0.05, 0.1) is 23.3 Å². The molecule has 0 aliphatic carbocycles. The summed E-state index contributed by atoms with van der Waals surface area (Å²) in [5.74, 6) is 0.169. The topological polar surface area (TPSA) is 54.0 Å². The van der Waals surface area contributed by atoms with Crippen LogP contribution in [0.25, 0.3) is 10.9 Å². The molecule has 0 bridgehead atoms. The van der Waals surface area contributed by atoms with Gasteiger partial charge in [-0.2, -0.15) is 0 Å². The summed E-state index contributed by atoms with van der Waals surface area (Å²) in [6.07, 6.45) is 1.70. The lowest BCUT2D eigenvalue weighted by Gasteiger charge is -2.25. The highest BCUT2D eigenvalue weighted by Gasteiger charge is 2.24. The van der Waals surface area contributed by atoms with Crippen molar-refractivity contribution >= 4 is 22.5 Å². The number of anilines is 1. The minimum absolute atomic E-state index is 0.0702. The van der Waals surface area contributed by atoms with E-state index in [-0.39, 0.29) is 11.8 Å². The summed E-state index contributed by atoms with van der Waals surface area (Å²) in [5, 5.41) is 7.01. The van der Waals surface area contributed by atoms with E-state index in [1.54, 1.807) is 6.20 Å². The summed E-state index contributed by atoms with van der Waals surface area (Å²) in [5.41, 5.74) is 1.71. The maximum atomic E-state index is 11.8. The molecular formula is C13H13N3O. The normalized spacial score (nSPS) is 15.5. The van der Waals surface area contributed by atoms with Crippen molar-refractivity contribution in [1.29, 1.82) is 0 Å². The number of pyridine rings is 1. The van der Waals surface area contributed by atoms with Crippen molar-refractivity contribution in [2.75, 3.05) is 18.4 Å². The third-order valence-electron chi connectivity index (χ3n) is 3.01. The molecule has 2 heterocycles. The molecule has 1 aliphatic heterocycles. The molecule has 0 saturated carbocycles. The fourth-order valence-corrected chi connectivity index (χ4v) is 1.86. The van der Waals surface area contributed by atoms with Gasteiger partial charge in [-0.15, -0.1) is 0 Å². The SMILES string of the molecule is O=C(Nc1cnc2ccccc2c1)C1CNC1. The minimum Gasteiger partial charge on any atom is -0.324 e. The number of hydrogen-bond acceptors (Lipinski definition) is 3. The molecule has 1 aromatic carbocycles. The third kappa shape index (κ3) is 1.99. The second-order valence-electron chi connectivity index (χ2n) is 4.26. The monoisotopic (exact) mass is 227 g/mol. The van der Waals surface area contributed by atoms with Gasteiger partial charge in [0.1, 0.15) is 0 Å². The smallest absolute Gasteiger partial charge is 0.230 e. The van der Waals surface area contributed by atoms with E-state index in [0.29, 0.717) is 0 Å². The van der Waals surface area contributed by atoms with Gasteiger partial charge in [0.2, 0.25) is 5.91 Å². The summed E-state index contributed by atoms with van der Waals surface area (Å²) in [6.45, 7) is 1.54. The van der Waals surface area contributed by atoms with E-state index in [1.165, 1.54) is 0 Å². The Bertz CT molecular complexity index is 563. The van der Waals surface area contributed by atoms with Gasteiger partial charge in [0, 0.05) is 18.5 Å². The van der Waals surface area contributed by atoms with Crippen LogP contribution in [0.5, 0.6) is 0 Å². The molecule has 17 heavy (non-hydrogen) atoms. The number of nitrogens with zero attached hydrogens (tertiary/aromatic N) is 1. The van der Waals surface area contributed by atoms with Crippen LogP contribution < -0.4 is 10.6 Å². The van der Waals surface area contributed by atoms with Crippen molar-refractivity contribution in [3.05, 3.63) is 36.5 Å². The highest BCUT2D eigenvalue weighted by molar-refractivity contribution is 5.95. The number of para-hydroxylation sites is 1. The van der Waals surface area contributed by atoms with Gasteiger partial charge in [-0.1, -0.05) is 18.2 Å². The maximum absolute atomic E-state index is 11.8. The molecule has 3 rings (SSSR count). The Labute approximate surface area is 99.0 Å². The Hall–Kier alpha value is -1.94. The van der Waals surface area contributed by atoms with E-state index >= 15 is 0 Å². The number of amides is 1. The van der Waals surface area contributed by atoms with Crippen molar-refractivity contribution in [3.63, 3.8) is 0 Å². The molecule has 0 atom stereocenters. The van der Waals surface area contributed by atoms with Gasteiger partial charge >= 0.3 is 0 Å². The van der Waals surface area contributed by atoms with Crippen LogP contribution in [0.1, 0.15) is 0 Å². The van der Waals surface area contributed by atoms with E-state index in [4.69, 9.17) is 0 Å². The molecule has 1 saturated heterocycles. The van der Waals surface area contributed by atoms with E-state index in [1.807, 2.05) is 30.3 Å². The van der Waals surface area contributed by atoms with Crippen LogP contribution in [0.2, 0.25) is 0 Å². The number of fused-ring (bicyclic) bond motifs is 1. The minimum atomic E-state index is 0.0702. The molecule has 1 fully saturated rings. The number of rotatable bonds is 2. The molecule has 0 unspecified atom stereocenters. The molecule has 2 N–H and O–H groups in total. The summed E-state index contributed by atoms with van der Waals surface area (Å²) in [4.78, 5) is 16.1. The zero-order valence-corrected chi connectivity index (χ0v) is 9.31. The summed E-state index contributed by atoms with van der Waals surface area (Å²) in [7, 11) is 0. The first kappa shape index (κ1) is 10.2. The second-order valence-corrected chi connectivity index (χ2v) is 4.26. The number of carbonyl (C=O) groups excluding carboxylic acids is 1. The van der Waals surface area contributed by atoms with Crippen LogP contribution >= 0.6 is 0 Å². The van der Waals surface area contributed by atoms with Gasteiger partial charge in [0.25, 0.3) is 0 Å². The number of benzene rings is 1. The highest BCUT2D eigenvalue weighted by Crippen LogP contribution is 2.17. The van der Waals surface area contributed by atoms with Crippen molar-refractivity contribution in [2.24, 2.45) is 5.92 Å². The molecule has 1 aromatic heterocycles. The van der Waals surface area contributed by atoms with Crippen molar-refractivity contribution in [3.8, 4) is 0 Å². The Balaban J connectivity index is 1.82. The van der Waals surface area contributed by atoms with Gasteiger partial charge in [-0.25, -0.2) is 0 Å². The van der Waals surface area contributed by atoms with Gasteiger partial charge in [0.15, 0.2) is 0 Å². The molecule has 0 radical (unpaired) electrons. The zero-order chi connectivity index (χ0) is 11.7. The fourth-order valence-electron chi connectivity index (χ4n) is 1.86. The summed E-state index contributed by atoms with van der Waals surface area (Å²) < 4.78 is 0. The van der Waals surface area contributed by atoms with E-state index in [2.05, 4.69) is 15.6 Å². The molecule has 1 amide bonds. The van der Waals surface area contributed by atoms with Crippen LogP contribution in [0.3, 0.4) is 0 Å². The second kappa shape index (κ2) is 4.14. The predicted molar refractivity (Wildman–Crippen MR) is 66.7 cm³/mol. The number of carbonyl (C=O) groups is 1. The average molecular weight is 227 g/mol. The number of nitrogens with one attached hydrogen (secondary N) is 2. The highest BCUT2D eigenvalue weighted by atomic mass is 16.2. The van der Waals surface area contributed by atoms with E-state index in [9.17, 15) is 4.79 Å². The largest absolute Gasteiger partial charge is 0.324 e. The maximum Gasteiger partial charge on any atom is 0.230 e. The van der Waals surface area contributed by atoms with Gasteiger partial charge in [-0.05, 0) is 12.1 Å². The first-order valence-electron chi connectivity index (χ1n) is 5.69. The Morgan fingerprint density at radius 3 is 2.94 bits per heavy atom. The van der Waals surface area contributed by atoms with Crippen LogP contribution in [0.4, 0.5) is 5.69 Å². The third-order valence-corrected chi connectivity index (χ3v) is 3.01. The first-order valence-corrected chi connectivity index (χ1v) is 5.69. The van der Waals surface area contributed by atoms with Crippen molar-refractivity contribution < 1.29 is 4.79 Å². The molecule has 4 heteroatoms. The molecule has 2 aromatic rings. The molecular weight excluding hydrogens is 214 g/mol. The Morgan fingerprint density at radius 1 is 1.35 bits per heavy atom. The summed E-state index contributed by atoms with van der Waals surface area (Å²) >= 11 is 0. The van der Waals surface area contributed by atoms with Crippen molar-refractivity contribution in [1.82, 2.24) is 10.3 Å². The average Bonchev–Trinajstić information content (AvgIpc) is 2.26. The van der Waals surface area contributed by atoms with E-state index in [0.717, 1.165) is 29.7 Å². The lowest BCUT2D eigenvalue weighted by atomic mass is 10.0. The molecule has 1 aliphatic rings. The number of aromatic nitrogens is 1. The van der Waals surface area contributed by atoms with Crippen molar-refractivity contribution in [2.45, 2.75) is 0 Å². The van der Waals surface area contributed by atoms with E-state index < -0.39 is 0 Å². The fraction of sp³-hybridized carbons (Fsp3) is 0.231. The predicted octanol–water partition coefficient (Wildman–Crippen LogP) is 1.39. The first-order chi connectivity index (χ1) is 8.33. The molecule has 0 spiro atoms. The van der Waals surface area contributed by atoms with Gasteiger partial charge < -0.3 is 10.6 Å². The Morgan fingerprint density at radius 2 is 2.18 bits per heavy atom. The zero-order valence-electron chi connectivity index (χ0n) is 9.31. The van der Waals surface area contributed by atoms with Gasteiger partial charge in [-0.3, -0.25) is 9.78 Å². The van der Waals surface area contributed by atoms with Crippen LogP contribution in [0, 0.1) is 5.92 Å². The van der Waals surface area contributed by atoms with Crippen LogP contribution in [-0.2, 0) is 4.79 Å². The lowest BCUT2D eigenvalue weighted by molar-refractivity contribution is -0.121. The summed E-state index contributed by atoms with van der Waals surface area (Å²) in [6, 6.07) is 9.81. The van der Waals surface area contributed by atoms with Crippen LogP contribution in [-0.4, -0.2) is 24.0 Å². The number of hydrogen-bond donors (Lipinski definition) is 2. The quantitative estimate of drug-likeness (QED) is 0.815. The standard InChI is InChI=1S/C13H13N3O/c17-13(10-6-14-7-10)16-11-5-9-3-1-2-4-12(9)15-8-11/h1-5,8,10,14H,6-7H2,(H,16,17). The molecule has 86 valence electrons.